The van der Waals surface area contributed by atoms with Crippen LogP contribution in [0.15, 0.2) is 103 Å². The van der Waals surface area contributed by atoms with Crippen molar-refractivity contribution in [2.24, 2.45) is 0 Å². The summed E-state index contributed by atoms with van der Waals surface area (Å²) in [5, 5.41) is 3.99. The topological polar surface area (TPSA) is 9.23 Å². The van der Waals surface area contributed by atoms with Crippen LogP contribution < -0.4 is 20.7 Å². The number of rotatable bonds is 3. The molecule has 0 N–H and O–H groups in total. The number of ether oxygens (including phenoxy) is 1. The van der Waals surface area contributed by atoms with E-state index in [1.165, 1.54) is 15.9 Å². The Morgan fingerprint density at radius 3 is 1.82 bits per heavy atom. The number of fused-ring (bicyclic) bond motifs is 2. The summed E-state index contributed by atoms with van der Waals surface area (Å²) in [7, 11) is -0.680. The molecule has 134 valence electrons. The van der Waals surface area contributed by atoms with Gasteiger partial charge in [0.1, 0.15) is 11.5 Å². The second-order valence-corrected chi connectivity index (χ2v) is 8.85. The van der Waals surface area contributed by atoms with Crippen molar-refractivity contribution in [1.29, 1.82) is 0 Å². The van der Waals surface area contributed by atoms with Crippen molar-refractivity contribution in [2.45, 2.75) is 0 Å². The predicted molar refractivity (Wildman–Crippen MR) is 121 cm³/mol. The molecule has 0 spiro atoms. The molecule has 1 aliphatic rings. The van der Waals surface area contributed by atoms with Crippen LogP contribution in [0.5, 0.6) is 11.5 Å². The van der Waals surface area contributed by atoms with Crippen molar-refractivity contribution >= 4 is 36.0 Å². The van der Waals surface area contributed by atoms with Crippen molar-refractivity contribution in [3.8, 4) is 11.5 Å². The minimum absolute atomic E-state index is 0.680. The standard InChI is InChI=1S/C26H19OP/c1-3-11-21(12-4-1)28(22-13-5-2-6-14-22)26-17-9-16-25-23(26)19-18-20-10-7-8-15-24(20)27-25/h1-19H. The third-order valence-corrected chi connectivity index (χ3v) is 7.38. The number of hydrogen-bond acceptors (Lipinski definition) is 1. The molecule has 1 heterocycles. The molecule has 0 bridgehead atoms. The monoisotopic (exact) mass is 378 g/mol. The summed E-state index contributed by atoms with van der Waals surface area (Å²) in [6.45, 7) is 0. The quantitative estimate of drug-likeness (QED) is 0.365. The van der Waals surface area contributed by atoms with Gasteiger partial charge in [0, 0.05) is 11.1 Å². The van der Waals surface area contributed by atoms with Gasteiger partial charge in [0.2, 0.25) is 0 Å². The highest BCUT2D eigenvalue weighted by molar-refractivity contribution is 7.80. The summed E-state index contributed by atoms with van der Waals surface area (Å²) >= 11 is 0. The van der Waals surface area contributed by atoms with Crippen molar-refractivity contribution in [3.63, 3.8) is 0 Å². The van der Waals surface area contributed by atoms with E-state index in [0.717, 1.165) is 22.6 Å². The van der Waals surface area contributed by atoms with Gasteiger partial charge < -0.3 is 4.74 Å². The zero-order valence-electron chi connectivity index (χ0n) is 15.3. The van der Waals surface area contributed by atoms with Crippen LogP contribution in [0.4, 0.5) is 0 Å². The Hall–Kier alpha value is -3.15. The molecule has 2 heteroatoms. The zero-order chi connectivity index (χ0) is 18.8. The molecule has 5 rings (SSSR count). The highest BCUT2D eigenvalue weighted by Gasteiger charge is 2.22. The molecule has 0 aromatic heterocycles. The molecule has 0 atom stereocenters. The second-order valence-electron chi connectivity index (χ2n) is 6.67. The molecule has 0 aliphatic carbocycles. The van der Waals surface area contributed by atoms with Crippen molar-refractivity contribution in [2.75, 3.05) is 0 Å². The Bertz CT molecular complexity index is 1090. The minimum Gasteiger partial charge on any atom is -0.456 e. The molecule has 0 saturated carbocycles. The van der Waals surface area contributed by atoms with E-state index in [0.29, 0.717) is 0 Å². The van der Waals surface area contributed by atoms with Gasteiger partial charge >= 0.3 is 0 Å². The molecule has 0 fully saturated rings. The van der Waals surface area contributed by atoms with E-state index in [1.807, 2.05) is 18.2 Å². The van der Waals surface area contributed by atoms with E-state index in [1.54, 1.807) is 0 Å². The first-order valence-corrected chi connectivity index (χ1v) is 10.7. The number of para-hydroxylation sites is 1. The highest BCUT2D eigenvalue weighted by atomic mass is 31.1. The van der Waals surface area contributed by atoms with Gasteiger partial charge in [0.25, 0.3) is 0 Å². The van der Waals surface area contributed by atoms with Crippen molar-refractivity contribution < 1.29 is 4.74 Å². The van der Waals surface area contributed by atoms with Crippen LogP contribution in [-0.4, -0.2) is 0 Å². The third kappa shape index (κ3) is 3.15. The van der Waals surface area contributed by atoms with Crippen LogP contribution in [0.25, 0.3) is 12.2 Å². The van der Waals surface area contributed by atoms with Crippen LogP contribution in [0, 0.1) is 0 Å². The normalized spacial score (nSPS) is 12.0. The molecular formula is C26H19OP. The van der Waals surface area contributed by atoms with Gasteiger partial charge in [-0.25, -0.2) is 0 Å². The van der Waals surface area contributed by atoms with E-state index in [4.69, 9.17) is 4.74 Å². The van der Waals surface area contributed by atoms with Crippen LogP contribution in [0.1, 0.15) is 11.1 Å². The van der Waals surface area contributed by atoms with Gasteiger partial charge in [0.15, 0.2) is 0 Å². The van der Waals surface area contributed by atoms with E-state index >= 15 is 0 Å². The van der Waals surface area contributed by atoms with E-state index in [-0.39, 0.29) is 0 Å². The summed E-state index contributed by atoms with van der Waals surface area (Å²) in [6, 6.07) is 36.2. The lowest BCUT2D eigenvalue weighted by Gasteiger charge is -2.22. The van der Waals surface area contributed by atoms with Crippen molar-refractivity contribution in [1.82, 2.24) is 0 Å². The Morgan fingerprint density at radius 2 is 1.11 bits per heavy atom. The molecule has 1 nitrogen and oxygen atoms in total. The minimum atomic E-state index is -0.680. The Labute approximate surface area is 166 Å². The summed E-state index contributed by atoms with van der Waals surface area (Å²) in [6.07, 6.45) is 4.37. The summed E-state index contributed by atoms with van der Waals surface area (Å²) in [5.41, 5.74) is 2.27. The fraction of sp³-hybridized carbons (Fsp3) is 0. The van der Waals surface area contributed by atoms with Gasteiger partial charge in [0.05, 0.1) is 0 Å². The summed E-state index contributed by atoms with van der Waals surface area (Å²) < 4.78 is 6.31. The molecule has 0 saturated heterocycles. The van der Waals surface area contributed by atoms with Crippen LogP contribution >= 0.6 is 7.92 Å². The Balaban J connectivity index is 1.71. The largest absolute Gasteiger partial charge is 0.456 e. The second kappa shape index (κ2) is 7.46. The maximum absolute atomic E-state index is 6.31. The first kappa shape index (κ1) is 17.0. The van der Waals surface area contributed by atoms with Gasteiger partial charge in [-0.1, -0.05) is 97.1 Å². The average Bonchev–Trinajstić information content (AvgIpc) is 2.95. The lowest BCUT2D eigenvalue weighted by Crippen LogP contribution is -2.22. The van der Waals surface area contributed by atoms with E-state index in [9.17, 15) is 0 Å². The SMILES string of the molecule is C1=Cc2c(cccc2P(c2ccccc2)c2ccccc2)Oc2ccccc21. The molecule has 4 aromatic carbocycles. The molecule has 0 radical (unpaired) electrons. The lowest BCUT2D eigenvalue weighted by molar-refractivity contribution is 0.482. The zero-order valence-corrected chi connectivity index (χ0v) is 16.2. The predicted octanol–water partition coefficient (Wildman–Crippen LogP) is 5.72. The average molecular weight is 378 g/mol. The third-order valence-electron chi connectivity index (χ3n) is 4.88. The summed E-state index contributed by atoms with van der Waals surface area (Å²) in [4.78, 5) is 0. The number of hydrogen-bond donors (Lipinski definition) is 0. The molecule has 28 heavy (non-hydrogen) atoms. The molecular weight excluding hydrogens is 359 g/mol. The fourth-order valence-electron chi connectivity index (χ4n) is 3.57. The van der Waals surface area contributed by atoms with Gasteiger partial charge in [-0.05, 0) is 42.0 Å². The Kier molecular flexibility index (Phi) is 4.53. The summed E-state index contributed by atoms with van der Waals surface area (Å²) in [5.74, 6) is 1.82. The van der Waals surface area contributed by atoms with E-state index in [2.05, 4.69) is 97.1 Å². The number of benzene rings is 4. The maximum atomic E-state index is 6.31. The van der Waals surface area contributed by atoms with E-state index < -0.39 is 7.92 Å². The Morgan fingerprint density at radius 1 is 0.500 bits per heavy atom. The van der Waals surface area contributed by atoms with Gasteiger partial charge in [-0.3, -0.25) is 0 Å². The van der Waals surface area contributed by atoms with Crippen molar-refractivity contribution in [3.05, 3.63) is 114 Å². The molecule has 0 unspecified atom stereocenters. The van der Waals surface area contributed by atoms with Crippen LogP contribution in [0.3, 0.4) is 0 Å². The fourth-order valence-corrected chi connectivity index (χ4v) is 6.02. The van der Waals surface area contributed by atoms with Crippen LogP contribution in [0.2, 0.25) is 0 Å². The smallest absolute Gasteiger partial charge is 0.135 e. The van der Waals surface area contributed by atoms with Gasteiger partial charge in [-0.15, -0.1) is 0 Å². The maximum Gasteiger partial charge on any atom is 0.135 e. The van der Waals surface area contributed by atoms with Crippen LogP contribution in [-0.2, 0) is 0 Å². The first-order chi connectivity index (χ1) is 13.9. The molecule has 4 aromatic rings. The lowest BCUT2D eigenvalue weighted by atomic mass is 10.1. The first-order valence-electron chi connectivity index (χ1n) is 9.38. The van der Waals surface area contributed by atoms with Gasteiger partial charge in [-0.2, -0.15) is 0 Å². The molecule has 1 aliphatic heterocycles. The molecule has 0 amide bonds. The highest BCUT2D eigenvalue weighted by Crippen LogP contribution is 2.40.